The number of nitro groups is 1. The minimum absolute atomic E-state index is 0.449. The summed E-state index contributed by atoms with van der Waals surface area (Å²) >= 11 is 0. The highest BCUT2D eigenvalue weighted by Gasteiger charge is 2.02. The molecule has 0 saturated heterocycles. The molecular weight excluding hydrogens is 158 g/mol. The van der Waals surface area contributed by atoms with Crippen LogP contribution in [0.15, 0.2) is 11.9 Å². The van der Waals surface area contributed by atoms with Crippen molar-refractivity contribution in [2.75, 3.05) is 27.2 Å². The van der Waals surface area contributed by atoms with E-state index >= 15 is 0 Å². The molecule has 0 aromatic rings. The zero-order valence-corrected chi connectivity index (χ0v) is 7.70. The lowest BCUT2D eigenvalue weighted by Gasteiger charge is -2.14. The van der Waals surface area contributed by atoms with Crippen LogP contribution in [0.4, 0.5) is 0 Å². The molecule has 0 heterocycles. The van der Waals surface area contributed by atoms with Crippen molar-refractivity contribution in [3.05, 3.63) is 22.0 Å². The van der Waals surface area contributed by atoms with Gasteiger partial charge < -0.3 is 10.2 Å². The molecule has 0 aliphatic heterocycles. The van der Waals surface area contributed by atoms with Crippen LogP contribution in [0.5, 0.6) is 0 Å². The largest absolute Gasteiger partial charge is 0.385 e. The standard InChI is InChI=1S/C7H15N3O2/c1-4-9(3)5-7(8-2)6-10(11)12/h6,8H,4-5H2,1-3H3/b7-6-. The molecule has 0 unspecified atom stereocenters. The van der Waals surface area contributed by atoms with Crippen LogP contribution in [-0.4, -0.2) is 37.0 Å². The molecule has 0 amide bonds. The Morgan fingerprint density at radius 2 is 2.33 bits per heavy atom. The van der Waals surface area contributed by atoms with Crippen molar-refractivity contribution in [1.29, 1.82) is 0 Å². The van der Waals surface area contributed by atoms with Gasteiger partial charge in [-0.25, -0.2) is 0 Å². The first kappa shape index (κ1) is 10.9. The summed E-state index contributed by atoms with van der Waals surface area (Å²) in [5.74, 6) is 0. The van der Waals surface area contributed by atoms with Crippen LogP contribution >= 0.6 is 0 Å². The van der Waals surface area contributed by atoms with Crippen molar-refractivity contribution in [2.24, 2.45) is 0 Å². The van der Waals surface area contributed by atoms with Gasteiger partial charge in [-0.3, -0.25) is 10.1 Å². The third kappa shape index (κ3) is 4.68. The van der Waals surface area contributed by atoms with E-state index in [9.17, 15) is 10.1 Å². The number of nitrogens with zero attached hydrogens (tertiary/aromatic N) is 2. The predicted molar refractivity (Wildman–Crippen MR) is 47.3 cm³/mol. The van der Waals surface area contributed by atoms with Crippen LogP contribution in [0.1, 0.15) is 6.92 Å². The summed E-state index contributed by atoms with van der Waals surface area (Å²) in [6.45, 7) is 3.45. The monoisotopic (exact) mass is 173 g/mol. The zero-order valence-electron chi connectivity index (χ0n) is 7.70. The summed E-state index contributed by atoms with van der Waals surface area (Å²) in [6.07, 6.45) is 0.992. The second kappa shape index (κ2) is 5.54. The summed E-state index contributed by atoms with van der Waals surface area (Å²) in [5, 5.41) is 12.9. The van der Waals surface area contributed by atoms with Crippen molar-refractivity contribution in [1.82, 2.24) is 10.2 Å². The lowest BCUT2D eigenvalue weighted by molar-refractivity contribution is -0.403. The summed E-state index contributed by atoms with van der Waals surface area (Å²) in [4.78, 5) is 11.6. The Labute approximate surface area is 72.2 Å². The van der Waals surface area contributed by atoms with Gasteiger partial charge in [0, 0.05) is 13.6 Å². The molecule has 0 atom stereocenters. The topological polar surface area (TPSA) is 58.4 Å². The Morgan fingerprint density at radius 3 is 2.67 bits per heavy atom. The zero-order chi connectivity index (χ0) is 9.56. The van der Waals surface area contributed by atoms with E-state index in [1.54, 1.807) is 7.05 Å². The van der Waals surface area contributed by atoms with Gasteiger partial charge in [-0.1, -0.05) is 6.92 Å². The van der Waals surface area contributed by atoms with Crippen LogP contribution in [-0.2, 0) is 0 Å². The van der Waals surface area contributed by atoms with Gasteiger partial charge in [0.25, 0.3) is 6.20 Å². The molecule has 0 aliphatic carbocycles. The molecule has 0 saturated carbocycles. The summed E-state index contributed by atoms with van der Waals surface area (Å²) in [6, 6.07) is 0. The van der Waals surface area contributed by atoms with Gasteiger partial charge in [0.1, 0.15) is 0 Å². The van der Waals surface area contributed by atoms with Crippen LogP contribution in [0.2, 0.25) is 0 Å². The molecule has 5 nitrogen and oxygen atoms in total. The molecule has 1 N–H and O–H groups in total. The summed E-state index contributed by atoms with van der Waals surface area (Å²) < 4.78 is 0. The minimum atomic E-state index is -0.449. The maximum atomic E-state index is 10.1. The summed E-state index contributed by atoms with van der Waals surface area (Å²) in [5.41, 5.74) is 0.615. The van der Waals surface area contributed by atoms with E-state index in [1.807, 2.05) is 18.9 Å². The Bertz CT molecular complexity index is 179. The smallest absolute Gasteiger partial charge is 0.254 e. The van der Waals surface area contributed by atoms with Crippen molar-refractivity contribution >= 4 is 0 Å². The fourth-order valence-electron chi connectivity index (χ4n) is 0.714. The summed E-state index contributed by atoms with van der Waals surface area (Å²) in [7, 11) is 3.59. The maximum Gasteiger partial charge on any atom is 0.254 e. The van der Waals surface area contributed by atoms with Gasteiger partial charge in [0.2, 0.25) is 0 Å². The first-order chi connectivity index (χ1) is 5.60. The minimum Gasteiger partial charge on any atom is -0.385 e. The molecule has 0 fully saturated rings. The normalized spacial score (nSPS) is 11.8. The van der Waals surface area contributed by atoms with Crippen molar-refractivity contribution in [3.63, 3.8) is 0 Å². The highest BCUT2D eigenvalue weighted by molar-refractivity contribution is 4.96. The third-order valence-corrected chi connectivity index (χ3v) is 1.56. The van der Waals surface area contributed by atoms with Crippen LogP contribution in [0.25, 0.3) is 0 Å². The van der Waals surface area contributed by atoms with Gasteiger partial charge in [-0.05, 0) is 13.6 Å². The molecule has 12 heavy (non-hydrogen) atoms. The quantitative estimate of drug-likeness (QED) is 0.479. The second-order valence-electron chi connectivity index (χ2n) is 2.52. The molecule has 0 spiro atoms. The highest BCUT2D eigenvalue weighted by atomic mass is 16.6. The molecule has 0 bridgehead atoms. The molecular formula is C7H15N3O2. The van der Waals surface area contributed by atoms with Gasteiger partial charge >= 0.3 is 0 Å². The number of hydrogen-bond donors (Lipinski definition) is 1. The SMILES string of the molecule is CCN(C)C/C(=C/[N+](=O)[O-])NC. The Morgan fingerprint density at radius 1 is 1.75 bits per heavy atom. The van der Waals surface area contributed by atoms with Gasteiger partial charge in [-0.15, -0.1) is 0 Å². The first-order valence-electron chi connectivity index (χ1n) is 3.80. The molecule has 0 aromatic heterocycles. The Kier molecular flexibility index (Phi) is 5.03. The van der Waals surface area contributed by atoms with Gasteiger partial charge in [-0.2, -0.15) is 0 Å². The van der Waals surface area contributed by atoms with Crippen molar-refractivity contribution < 1.29 is 4.92 Å². The van der Waals surface area contributed by atoms with Crippen molar-refractivity contribution in [2.45, 2.75) is 6.92 Å². The molecule has 5 heteroatoms. The highest BCUT2D eigenvalue weighted by Crippen LogP contribution is 1.92. The lowest BCUT2D eigenvalue weighted by atomic mass is 10.4. The van der Waals surface area contributed by atoms with Gasteiger partial charge in [0.15, 0.2) is 0 Å². The second-order valence-corrected chi connectivity index (χ2v) is 2.52. The number of hydrogen-bond acceptors (Lipinski definition) is 4. The number of nitrogens with one attached hydrogen (secondary N) is 1. The van der Waals surface area contributed by atoms with Crippen LogP contribution in [0.3, 0.4) is 0 Å². The van der Waals surface area contributed by atoms with E-state index in [0.29, 0.717) is 12.2 Å². The average molecular weight is 173 g/mol. The molecule has 0 aromatic carbocycles. The number of rotatable bonds is 5. The molecule has 0 aliphatic rings. The first-order valence-corrected chi connectivity index (χ1v) is 3.80. The van der Waals surface area contributed by atoms with E-state index in [4.69, 9.17) is 0 Å². The molecule has 0 radical (unpaired) electrons. The van der Waals surface area contributed by atoms with E-state index in [1.165, 1.54) is 0 Å². The Balaban J connectivity index is 4.08. The van der Waals surface area contributed by atoms with Crippen LogP contribution < -0.4 is 5.32 Å². The van der Waals surface area contributed by atoms with Gasteiger partial charge in [0.05, 0.1) is 10.6 Å². The fourth-order valence-corrected chi connectivity index (χ4v) is 0.714. The third-order valence-electron chi connectivity index (χ3n) is 1.56. The fraction of sp³-hybridized carbons (Fsp3) is 0.714. The van der Waals surface area contributed by atoms with E-state index < -0.39 is 4.92 Å². The van der Waals surface area contributed by atoms with Crippen molar-refractivity contribution in [3.8, 4) is 0 Å². The number of likely N-dealkylation sites (N-methyl/N-ethyl adjacent to an activating group) is 2. The molecule has 0 rings (SSSR count). The lowest BCUT2D eigenvalue weighted by Crippen LogP contribution is -2.26. The van der Waals surface area contributed by atoms with E-state index in [-0.39, 0.29) is 0 Å². The maximum absolute atomic E-state index is 10.1. The Hall–Kier alpha value is -1.10. The van der Waals surface area contributed by atoms with E-state index in [0.717, 1.165) is 12.7 Å². The molecule has 70 valence electrons. The van der Waals surface area contributed by atoms with E-state index in [2.05, 4.69) is 5.32 Å². The predicted octanol–water partition coefficient (Wildman–Crippen LogP) is 0.276. The average Bonchev–Trinajstić information content (AvgIpc) is 2.02. The van der Waals surface area contributed by atoms with Crippen LogP contribution in [0, 0.1) is 10.1 Å².